The third-order valence-electron chi connectivity index (χ3n) is 5.55. The van der Waals surface area contributed by atoms with E-state index in [1.807, 2.05) is 6.07 Å². The molecule has 2 heteroatoms. The van der Waals surface area contributed by atoms with E-state index in [1.54, 1.807) is 0 Å². The van der Waals surface area contributed by atoms with Gasteiger partial charge in [-0.1, -0.05) is 66.2 Å². The number of anilines is 1. The van der Waals surface area contributed by atoms with Crippen molar-refractivity contribution in [3.63, 3.8) is 0 Å². The molecule has 0 saturated carbocycles. The maximum absolute atomic E-state index is 6.15. The van der Waals surface area contributed by atoms with Crippen molar-refractivity contribution < 1.29 is 4.74 Å². The van der Waals surface area contributed by atoms with Crippen LogP contribution in [-0.2, 0) is 0 Å². The van der Waals surface area contributed by atoms with E-state index in [4.69, 9.17) is 4.74 Å². The highest BCUT2D eigenvalue weighted by molar-refractivity contribution is 5.62. The number of ether oxygens (including phenoxy) is 1. The van der Waals surface area contributed by atoms with Crippen molar-refractivity contribution in [1.29, 1.82) is 0 Å². The molecule has 124 valence electrons. The number of aryl methyl sites for hydroxylation is 1. The molecule has 2 heterocycles. The molecule has 0 amide bonds. The number of fused-ring (bicyclic) bond motifs is 4. The lowest BCUT2D eigenvalue weighted by atomic mass is 9.71. The average Bonchev–Trinajstić information content (AvgIpc) is 2.67. The molecule has 0 spiro atoms. The Morgan fingerprint density at radius 3 is 2.56 bits per heavy atom. The fraction of sp³-hybridized carbons (Fsp3) is 0.217. The molecule has 0 aliphatic carbocycles. The van der Waals surface area contributed by atoms with Gasteiger partial charge in [0.05, 0.1) is 12.6 Å². The van der Waals surface area contributed by atoms with E-state index in [2.05, 4.69) is 79.0 Å². The van der Waals surface area contributed by atoms with Gasteiger partial charge < -0.3 is 10.1 Å². The fourth-order valence-corrected chi connectivity index (χ4v) is 4.41. The van der Waals surface area contributed by atoms with E-state index < -0.39 is 0 Å². The number of para-hydroxylation sites is 1. The van der Waals surface area contributed by atoms with Gasteiger partial charge in [-0.25, -0.2) is 0 Å². The molecule has 3 aromatic carbocycles. The van der Waals surface area contributed by atoms with Gasteiger partial charge >= 0.3 is 0 Å². The Hall–Kier alpha value is -2.74. The van der Waals surface area contributed by atoms with Crippen LogP contribution in [0.2, 0.25) is 0 Å². The number of hydrogen-bond donors (Lipinski definition) is 1. The highest BCUT2D eigenvalue weighted by atomic mass is 16.5. The molecule has 1 N–H and O–H groups in total. The molecule has 5 rings (SSSR count). The molecule has 2 aliphatic heterocycles. The Labute approximate surface area is 148 Å². The Morgan fingerprint density at radius 2 is 1.68 bits per heavy atom. The zero-order valence-corrected chi connectivity index (χ0v) is 14.3. The van der Waals surface area contributed by atoms with Gasteiger partial charge in [-0.15, -0.1) is 0 Å². The highest BCUT2D eigenvalue weighted by Crippen LogP contribution is 2.51. The van der Waals surface area contributed by atoms with Gasteiger partial charge in [-0.3, -0.25) is 0 Å². The van der Waals surface area contributed by atoms with Crippen LogP contribution in [0.1, 0.15) is 34.2 Å². The van der Waals surface area contributed by atoms with Crippen molar-refractivity contribution in [2.75, 3.05) is 11.9 Å². The van der Waals surface area contributed by atoms with Crippen molar-refractivity contribution in [2.24, 2.45) is 5.92 Å². The summed E-state index contributed by atoms with van der Waals surface area (Å²) >= 11 is 0. The predicted molar refractivity (Wildman–Crippen MR) is 101 cm³/mol. The van der Waals surface area contributed by atoms with E-state index in [1.165, 1.54) is 27.9 Å². The first-order valence-corrected chi connectivity index (χ1v) is 8.95. The SMILES string of the molecule is Cc1ccc2c(c1)[C@H](c1ccccc1)[C@H]1COc3ccccc3[C@@H]1N2. The summed E-state index contributed by atoms with van der Waals surface area (Å²) in [6.45, 7) is 2.91. The summed E-state index contributed by atoms with van der Waals surface area (Å²) in [6.07, 6.45) is 0. The Bertz CT molecular complexity index is 918. The van der Waals surface area contributed by atoms with Crippen molar-refractivity contribution in [3.8, 4) is 5.75 Å². The minimum absolute atomic E-state index is 0.283. The number of rotatable bonds is 1. The molecule has 0 fully saturated rings. The van der Waals surface area contributed by atoms with Crippen LogP contribution < -0.4 is 10.1 Å². The normalized spacial score (nSPS) is 23.5. The quantitative estimate of drug-likeness (QED) is 0.654. The van der Waals surface area contributed by atoms with E-state index in [9.17, 15) is 0 Å². The predicted octanol–water partition coefficient (Wildman–Crippen LogP) is 5.30. The summed E-state index contributed by atoms with van der Waals surface area (Å²) < 4.78 is 6.15. The van der Waals surface area contributed by atoms with E-state index in [0.29, 0.717) is 11.8 Å². The van der Waals surface area contributed by atoms with Gasteiger partial charge in [-0.05, 0) is 30.2 Å². The van der Waals surface area contributed by atoms with Crippen LogP contribution in [0.15, 0.2) is 72.8 Å². The maximum Gasteiger partial charge on any atom is 0.124 e. The molecular formula is C23H21NO. The molecule has 2 aliphatic rings. The van der Waals surface area contributed by atoms with E-state index in [-0.39, 0.29) is 6.04 Å². The molecule has 0 unspecified atom stereocenters. The standard InChI is InChI=1S/C23H21NO/c1-15-11-12-20-18(13-15)22(16-7-3-2-4-8-16)19-14-25-21-10-6-5-9-17(21)23(19)24-20/h2-13,19,22-24H,14H2,1H3/t19-,22+,23+/m1/s1. The largest absolute Gasteiger partial charge is 0.493 e. The Balaban J connectivity index is 1.70. The third kappa shape index (κ3) is 2.32. The summed E-state index contributed by atoms with van der Waals surface area (Å²) in [5, 5.41) is 3.80. The molecule has 0 radical (unpaired) electrons. The molecule has 0 aromatic heterocycles. The van der Waals surface area contributed by atoms with Gasteiger partial charge in [-0.2, -0.15) is 0 Å². The summed E-state index contributed by atoms with van der Waals surface area (Å²) in [5.41, 5.74) is 6.57. The Morgan fingerprint density at radius 1 is 0.880 bits per heavy atom. The second-order valence-electron chi connectivity index (χ2n) is 7.11. The van der Waals surface area contributed by atoms with Crippen molar-refractivity contribution in [1.82, 2.24) is 0 Å². The Kier molecular flexibility index (Phi) is 3.30. The number of nitrogens with one attached hydrogen (secondary N) is 1. The molecule has 3 aromatic rings. The van der Waals surface area contributed by atoms with E-state index >= 15 is 0 Å². The zero-order valence-electron chi connectivity index (χ0n) is 14.3. The van der Waals surface area contributed by atoms with Crippen LogP contribution in [0.3, 0.4) is 0 Å². The molecule has 25 heavy (non-hydrogen) atoms. The first-order chi connectivity index (χ1) is 12.3. The lowest BCUT2D eigenvalue weighted by Gasteiger charge is -2.44. The summed E-state index contributed by atoms with van der Waals surface area (Å²) in [5.74, 6) is 1.74. The van der Waals surface area contributed by atoms with Gasteiger partial charge in [0.15, 0.2) is 0 Å². The second kappa shape index (κ2) is 5.66. The lowest BCUT2D eigenvalue weighted by Crippen LogP contribution is -2.39. The molecule has 0 bridgehead atoms. The zero-order chi connectivity index (χ0) is 16.8. The van der Waals surface area contributed by atoms with Crippen molar-refractivity contribution >= 4 is 5.69 Å². The molecule has 2 nitrogen and oxygen atoms in total. The molecular weight excluding hydrogens is 306 g/mol. The number of benzene rings is 3. The van der Waals surface area contributed by atoms with Crippen molar-refractivity contribution in [3.05, 3.63) is 95.1 Å². The highest BCUT2D eigenvalue weighted by Gasteiger charge is 2.42. The average molecular weight is 327 g/mol. The smallest absolute Gasteiger partial charge is 0.124 e. The van der Waals surface area contributed by atoms with Crippen LogP contribution in [0, 0.1) is 12.8 Å². The van der Waals surface area contributed by atoms with Crippen LogP contribution in [-0.4, -0.2) is 6.61 Å². The monoisotopic (exact) mass is 327 g/mol. The van der Waals surface area contributed by atoms with Gasteiger partial charge in [0.1, 0.15) is 5.75 Å². The number of hydrogen-bond acceptors (Lipinski definition) is 2. The summed E-state index contributed by atoms with van der Waals surface area (Å²) in [4.78, 5) is 0. The third-order valence-corrected chi connectivity index (χ3v) is 5.55. The summed E-state index contributed by atoms with van der Waals surface area (Å²) in [6, 6.07) is 26.3. The molecule has 3 atom stereocenters. The first-order valence-electron chi connectivity index (χ1n) is 8.95. The first kappa shape index (κ1) is 14.6. The topological polar surface area (TPSA) is 21.3 Å². The van der Waals surface area contributed by atoms with Crippen LogP contribution in [0.25, 0.3) is 0 Å². The fourth-order valence-electron chi connectivity index (χ4n) is 4.41. The minimum atomic E-state index is 0.283. The van der Waals surface area contributed by atoms with Gasteiger partial charge in [0.25, 0.3) is 0 Å². The maximum atomic E-state index is 6.15. The summed E-state index contributed by atoms with van der Waals surface area (Å²) in [7, 11) is 0. The minimum Gasteiger partial charge on any atom is -0.493 e. The van der Waals surface area contributed by atoms with Crippen LogP contribution in [0.4, 0.5) is 5.69 Å². The van der Waals surface area contributed by atoms with Crippen LogP contribution in [0.5, 0.6) is 5.75 Å². The van der Waals surface area contributed by atoms with Gasteiger partial charge in [0.2, 0.25) is 0 Å². The second-order valence-corrected chi connectivity index (χ2v) is 7.11. The van der Waals surface area contributed by atoms with E-state index in [0.717, 1.165) is 12.4 Å². The van der Waals surface area contributed by atoms with Crippen molar-refractivity contribution in [2.45, 2.75) is 18.9 Å². The molecule has 0 saturated heterocycles. The van der Waals surface area contributed by atoms with Crippen LogP contribution >= 0.6 is 0 Å². The van der Waals surface area contributed by atoms with Gasteiger partial charge in [0, 0.05) is 23.1 Å². The lowest BCUT2D eigenvalue weighted by molar-refractivity contribution is 0.183.